The molecule has 0 fully saturated rings. The van der Waals surface area contributed by atoms with Gasteiger partial charge in [-0.15, -0.1) is 11.8 Å². The standard InChI is InChI=1S/C15H21NO3S/c1-11(2)14(15(18)19-3)16-13(17)9-10-20-12-7-5-4-6-8-12/h4-8,11,14H,9-10H2,1-3H3,(H,16,17)/t14-/m0/s1. The van der Waals surface area contributed by atoms with E-state index < -0.39 is 12.0 Å². The molecular weight excluding hydrogens is 274 g/mol. The fraction of sp³-hybridized carbons (Fsp3) is 0.467. The first-order chi connectivity index (χ1) is 9.54. The first-order valence-electron chi connectivity index (χ1n) is 6.59. The molecule has 0 bridgehead atoms. The molecule has 0 aliphatic carbocycles. The zero-order valence-corrected chi connectivity index (χ0v) is 12.9. The molecule has 0 saturated heterocycles. The van der Waals surface area contributed by atoms with Crippen molar-refractivity contribution in [1.29, 1.82) is 0 Å². The molecule has 5 heteroatoms. The highest BCUT2D eigenvalue weighted by molar-refractivity contribution is 7.99. The Morgan fingerprint density at radius 3 is 2.45 bits per heavy atom. The Kier molecular flexibility index (Phi) is 7.15. The van der Waals surface area contributed by atoms with E-state index in [1.807, 2.05) is 44.2 Å². The average Bonchev–Trinajstić information content (AvgIpc) is 2.45. The predicted molar refractivity (Wildman–Crippen MR) is 80.6 cm³/mol. The molecule has 1 amide bonds. The van der Waals surface area contributed by atoms with Crippen molar-refractivity contribution in [1.82, 2.24) is 5.32 Å². The molecule has 4 nitrogen and oxygen atoms in total. The van der Waals surface area contributed by atoms with Crippen LogP contribution in [0.4, 0.5) is 0 Å². The lowest BCUT2D eigenvalue weighted by atomic mass is 10.0. The van der Waals surface area contributed by atoms with Crippen molar-refractivity contribution in [3.05, 3.63) is 30.3 Å². The number of methoxy groups -OCH3 is 1. The second kappa shape index (κ2) is 8.64. The van der Waals surface area contributed by atoms with Gasteiger partial charge in [-0.2, -0.15) is 0 Å². The number of ether oxygens (including phenoxy) is 1. The van der Waals surface area contributed by atoms with Gasteiger partial charge in [0, 0.05) is 17.1 Å². The molecule has 0 heterocycles. The van der Waals surface area contributed by atoms with Crippen LogP contribution >= 0.6 is 11.8 Å². The van der Waals surface area contributed by atoms with Crippen LogP contribution in [0, 0.1) is 5.92 Å². The van der Waals surface area contributed by atoms with Crippen LogP contribution in [0.1, 0.15) is 20.3 Å². The van der Waals surface area contributed by atoms with Crippen molar-refractivity contribution in [3.8, 4) is 0 Å². The van der Waals surface area contributed by atoms with Crippen molar-refractivity contribution in [2.24, 2.45) is 5.92 Å². The summed E-state index contributed by atoms with van der Waals surface area (Å²) in [5.41, 5.74) is 0. The van der Waals surface area contributed by atoms with E-state index in [0.717, 1.165) is 4.90 Å². The van der Waals surface area contributed by atoms with E-state index in [9.17, 15) is 9.59 Å². The second-order valence-electron chi connectivity index (χ2n) is 4.72. The highest BCUT2D eigenvalue weighted by atomic mass is 32.2. The Morgan fingerprint density at radius 1 is 1.25 bits per heavy atom. The van der Waals surface area contributed by atoms with E-state index in [-0.39, 0.29) is 11.8 Å². The van der Waals surface area contributed by atoms with Crippen LogP contribution in [0.5, 0.6) is 0 Å². The summed E-state index contributed by atoms with van der Waals surface area (Å²) in [6, 6.07) is 9.33. The topological polar surface area (TPSA) is 55.4 Å². The molecule has 1 aromatic rings. The smallest absolute Gasteiger partial charge is 0.328 e. The van der Waals surface area contributed by atoms with Gasteiger partial charge in [0.25, 0.3) is 0 Å². The predicted octanol–water partition coefficient (Wildman–Crippen LogP) is 2.48. The lowest BCUT2D eigenvalue weighted by Crippen LogP contribution is -2.45. The van der Waals surface area contributed by atoms with Crippen LogP contribution in [0.3, 0.4) is 0 Å². The van der Waals surface area contributed by atoms with E-state index in [4.69, 9.17) is 0 Å². The fourth-order valence-electron chi connectivity index (χ4n) is 1.65. The van der Waals surface area contributed by atoms with Gasteiger partial charge >= 0.3 is 5.97 Å². The summed E-state index contributed by atoms with van der Waals surface area (Å²) in [5, 5.41) is 2.73. The van der Waals surface area contributed by atoms with E-state index in [0.29, 0.717) is 12.2 Å². The highest BCUT2D eigenvalue weighted by Gasteiger charge is 2.24. The SMILES string of the molecule is COC(=O)[C@@H](NC(=O)CCSc1ccccc1)C(C)C. The van der Waals surface area contributed by atoms with Crippen LogP contribution in [-0.4, -0.2) is 30.8 Å². The zero-order chi connectivity index (χ0) is 15.0. The second-order valence-corrected chi connectivity index (χ2v) is 5.89. The molecular formula is C15H21NO3S. The summed E-state index contributed by atoms with van der Waals surface area (Å²) < 4.78 is 4.69. The van der Waals surface area contributed by atoms with Gasteiger partial charge in [-0.25, -0.2) is 4.79 Å². The van der Waals surface area contributed by atoms with Crippen molar-refractivity contribution in [2.45, 2.75) is 31.2 Å². The number of nitrogens with one attached hydrogen (secondary N) is 1. The highest BCUT2D eigenvalue weighted by Crippen LogP contribution is 2.17. The maximum absolute atomic E-state index is 11.8. The third-order valence-electron chi connectivity index (χ3n) is 2.78. The minimum atomic E-state index is -0.575. The summed E-state index contributed by atoms with van der Waals surface area (Å²) in [6.45, 7) is 3.75. The Morgan fingerprint density at radius 2 is 1.90 bits per heavy atom. The normalized spacial score (nSPS) is 12.0. The van der Waals surface area contributed by atoms with Gasteiger partial charge in [-0.1, -0.05) is 32.0 Å². The molecule has 20 heavy (non-hydrogen) atoms. The summed E-state index contributed by atoms with van der Waals surface area (Å²) in [4.78, 5) is 24.5. The van der Waals surface area contributed by atoms with Crippen molar-refractivity contribution in [2.75, 3.05) is 12.9 Å². The van der Waals surface area contributed by atoms with Gasteiger partial charge < -0.3 is 10.1 Å². The first-order valence-corrected chi connectivity index (χ1v) is 7.58. The molecule has 0 unspecified atom stereocenters. The number of esters is 1. The number of carbonyl (C=O) groups is 2. The van der Waals surface area contributed by atoms with Crippen LogP contribution in [0.25, 0.3) is 0 Å². The molecule has 1 N–H and O–H groups in total. The van der Waals surface area contributed by atoms with E-state index in [2.05, 4.69) is 10.1 Å². The van der Waals surface area contributed by atoms with Gasteiger partial charge in [0.2, 0.25) is 5.91 Å². The minimum absolute atomic E-state index is 0.00757. The Hall–Kier alpha value is -1.49. The zero-order valence-electron chi connectivity index (χ0n) is 12.1. The molecule has 0 saturated carbocycles. The van der Waals surface area contributed by atoms with Gasteiger partial charge in [-0.05, 0) is 18.1 Å². The third kappa shape index (κ3) is 5.65. The number of benzene rings is 1. The van der Waals surface area contributed by atoms with Crippen LogP contribution < -0.4 is 5.32 Å². The molecule has 110 valence electrons. The summed E-state index contributed by atoms with van der Waals surface area (Å²) in [6.07, 6.45) is 0.375. The summed E-state index contributed by atoms with van der Waals surface area (Å²) in [7, 11) is 1.33. The number of hydrogen-bond acceptors (Lipinski definition) is 4. The lowest BCUT2D eigenvalue weighted by molar-refractivity contribution is -0.146. The largest absolute Gasteiger partial charge is 0.467 e. The van der Waals surface area contributed by atoms with E-state index in [1.54, 1.807) is 11.8 Å². The number of carbonyl (C=O) groups excluding carboxylic acids is 2. The first kappa shape index (κ1) is 16.6. The van der Waals surface area contributed by atoms with Crippen LogP contribution in [-0.2, 0) is 14.3 Å². The van der Waals surface area contributed by atoms with Crippen LogP contribution in [0.15, 0.2) is 35.2 Å². The molecule has 0 radical (unpaired) electrons. The van der Waals surface area contributed by atoms with Gasteiger partial charge in [0.15, 0.2) is 0 Å². The van der Waals surface area contributed by atoms with Crippen molar-refractivity contribution >= 4 is 23.6 Å². The number of rotatable bonds is 7. The molecule has 0 aliphatic rings. The molecule has 0 aromatic heterocycles. The lowest BCUT2D eigenvalue weighted by Gasteiger charge is -2.19. The summed E-state index contributed by atoms with van der Waals surface area (Å²) in [5.74, 6) is 0.164. The van der Waals surface area contributed by atoms with Crippen LogP contribution in [0.2, 0.25) is 0 Å². The Labute approximate surface area is 124 Å². The van der Waals surface area contributed by atoms with E-state index >= 15 is 0 Å². The van der Waals surface area contributed by atoms with E-state index in [1.165, 1.54) is 7.11 Å². The third-order valence-corrected chi connectivity index (χ3v) is 3.79. The van der Waals surface area contributed by atoms with Gasteiger partial charge in [0.05, 0.1) is 7.11 Å². The van der Waals surface area contributed by atoms with Gasteiger partial charge in [0.1, 0.15) is 6.04 Å². The molecule has 0 aliphatic heterocycles. The number of thioether (sulfide) groups is 1. The number of hydrogen-bond donors (Lipinski definition) is 1. The minimum Gasteiger partial charge on any atom is -0.467 e. The molecule has 1 aromatic carbocycles. The molecule has 1 rings (SSSR count). The van der Waals surface area contributed by atoms with Crippen molar-refractivity contribution < 1.29 is 14.3 Å². The average molecular weight is 295 g/mol. The fourth-order valence-corrected chi connectivity index (χ4v) is 2.52. The Balaban J connectivity index is 2.37. The summed E-state index contributed by atoms with van der Waals surface area (Å²) >= 11 is 1.62. The quantitative estimate of drug-likeness (QED) is 0.620. The Bertz CT molecular complexity index is 434. The monoisotopic (exact) mass is 295 g/mol. The molecule has 0 spiro atoms. The van der Waals surface area contributed by atoms with Crippen molar-refractivity contribution in [3.63, 3.8) is 0 Å². The van der Waals surface area contributed by atoms with Gasteiger partial charge in [-0.3, -0.25) is 4.79 Å². The molecule has 1 atom stereocenters. The number of amides is 1. The maximum atomic E-state index is 11.8. The maximum Gasteiger partial charge on any atom is 0.328 e.